The average molecular weight is 434 g/mol. The summed E-state index contributed by atoms with van der Waals surface area (Å²) in [6, 6.07) is 21.7. The Balaban J connectivity index is 1.84. The van der Waals surface area contributed by atoms with Crippen LogP contribution in [0.25, 0.3) is 0 Å². The number of nitrogens with zero attached hydrogens (tertiary/aromatic N) is 1. The minimum Gasteiger partial charge on any atom is -0.493 e. The lowest BCUT2D eigenvalue weighted by atomic mass is 10.1. The van der Waals surface area contributed by atoms with Crippen molar-refractivity contribution in [3.63, 3.8) is 0 Å². The number of methoxy groups -OCH3 is 3. The van der Waals surface area contributed by atoms with Gasteiger partial charge in [-0.1, -0.05) is 36.4 Å². The van der Waals surface area contributed by atoms with E-state index in [9.17, 15) is 9.59 Å². The van der Waals surface area contributed by atoms with Crippen LogP contribution in [0.15, 0.2) is 72.8 Å². The van der Waals surface area contributed by atoms with Gasteiger partial charge in [0.25, 0.3) is 0 Å². The average Bonchev–Trinajstić information content (AvgIpc) is 2.82. The molecular formula is C25H26N2O5. The summed E-state index contributed by atoms with van der Waals surface area (Å²) in [5, 5.41) is 2.82. The number of para-hydroxylation sites is 2. The van der Waals surface area contributed by atoms with E-state index in [0.717, 1.165) is 0 Å². The van der Waals surface area contributed by atoms with Crippen molar-refractivity contribution in [3.8, 4) is 17.2 Å². The molecule has 1 N–H and O–H groups in total. The second-order valence-electron chi connectivity index (χ2n) is 6.94. The van der Waals surface area contributed by atoms with E-state index in [0.29, 0.717) is 34.2 Å². The van der Waals surface area contributed by atoms with Gasteiger partial charge in [0.2, 0.25) is 17.6 Å². The summed E-state index contributed by atoms with van der Waals surface area (Å²) < 4.78 is 16.1. The smallest absolute Gasteiger partial charge is 0.244 e. The molecule has 3 aromatic carbocycles. The molecule has 2 amide bonds. The highest BCUT2D eigenvalue weighted by Gasteiger charge is 2.21. The zero-order valence-corrected chi connectivity index (χ0v) is 18.3. The number of amides is 2. The second kappa shape index (κ2) is 10.9. The predicted octanol–water partition coefficient (Wildman–Crippen LogP) is 3.93. The van der Waals surface area contributed by atoms with Crippen LogP contribution in [0.2, 0.25) is 0 Å². The lowest BCUT2D eigenvalue weighted by Gasteiger charge is -2.23. The molecule has 0 spiro atoms. The molecule has 0 radical (unpaired) electrons. The molecule has 7 nitrogen and oxygen atoms in total. The maximum atomic E-state index is 13.3. The minimum atomic E-state index is -0.293. The fourth-order valence-corrected chi connectivity index (χ4v) is 3.30. The van der Waals surface area contributed by atoms with Crippen molar-refractivity contribution in [2.45, 2.75) is 6.42 Å². The third-order valence-electron chi connectivity index (χ3n) is 4.81. The van der Waals surface area contributed by atoms with Crippen LogP contribution in [-0.2, 0) is 16.0 Å². The Bertz CT molecular complexity index is 1030. The van der Waals surface area contributed by atoms with E-state index in [-0.39, 0.29) is 24.8 Å². The zero-order chi connectivity index (χ0) is 22.9. The standard InChI is InChI=1S/C25H26N2O5/c1-30-21-14-18(15-22(31-2)25(21)32-3)16-24(29)27(20-12-8-5-9-13-20)17-23(28)26-19-10-6-4-7-11-19/h4-15H,16-17H2,1-3H3,(H,26,28). The molecule has 0 fully saturated rings. The summed E-state index contributed by atoms with van der Waals surface area (Å²) >= 11 is 0. The molecule has 0 saturated heterocycles. The third-order valence-corrected chi connectivity index (χ3v) is 4.81. The SMILES string of the molecule is COc1cc(CC(=O)N(CC(=O)Nc2ccccc2)c2ccccc2)cc(OC)c1OC. The van der Waals surface area contributed by atoms with Crippen LogP contribution in [0, 0.1) is 0 Å². The summed E-state index contributed by atoms with van der Waals surface area (Å²) in [5.41, 5.74) is 1.98. The summed E-state index contributed by atoms with van der Waals surface area (Å²) in [5.74, 6) is 0.839. The van der Waals surface area contributed by atoms with Crippen LogP contribution in [0.3, 0.4) is 0 Å². The third kappa shape index (κ3) is 5.57. The molecule has 0 aromatic heterocycles. The van der Waals surface area contributed by atoms with Crippen LogP contribution >= 0.6 is 0 Å². The summed E-state index contributed by atoms with van der Waals surface area (Å²) in [4.78, 5) is 27.4. The topological polar surface area (TPSA) is 77.1 Å². The summed E-state index contributed by atoms with van der Waals surface area (Å²) in [6.45, 7) is -0.123. The molecular weight excluding hydrogens is 408 g/mol. The number of benzene rings is 3. The molecule has 166 valence electrons. The molecule has 0 aliphatic heterocycles. The largest absolute Gasteiger partial charge is 0.493 e. The van der Waals surface area contributed by atoms with Crippen molar-refractivity contribution < 1.29 is 23.8 Å². The van der Waals surface area contributed by atoms with Crippen molar-refractivity contribution in [2.75, 3.05) is 38.1 Å². The first-order valence-electron chi connectivity index (χ1n) is 10.0. The lowest BCUT2D eigenvalue weighted by molar-refractivity contribution is -0.121. The van der Waals surface area contributed by atoms with Crippen molar-refractivity contribution in [3.05, 3.63) is 78.4 Å². The van der Waals surface area contributed by atoms with E-state index in [4.69, 9.17) is 14.2 Å². The highest BCUT2D eigenvalue weighted by molar-refractivity contribution is 6.03. The fourth-order valence-electron chi connectivity index (χ4n) is 3.30. The minimum absolute atomic E-state index is 0.0459. The van der Waals surface area contributed by atoms with Crippen molar-refractivity contribution in [2.24, 2.45) is 0 Å². The monoisotopic (exact) mass is 434 g/mol. The van der Waals surface area contributed by atoms with Gasteiger partial charge >= 0.3 is 0 Å². The number of rotatable bonds is 9. The first-order valence-corrected chi connectivity index (χ1v) is 10.0. The van der Waals surface area contributed by atoms with Crippen LogP contribution in [0.4, 0.5) is 11.4 Å². The molecule has 0 bridgehead atoms. The lowest BCUT2D eigenvalue weighted by Crippen LogP contribution is -2.39. The maximum absolute atomic E-state index is 13.3. The number of carbonyl (C=O) groups is 2. The molecule has 0 atom stereocenters. The molecule has 0 aliphatic carbocycles. The van der Waals surface area contributed by atoms with Crippen LogP contribution < -0.4 is 24.4 Å². The van der Waals surface area contributed by atoms with Crippen molar-refractivity contribution in [1.82, 2.24) is 0 Å². The van der Waals surface area contributed by atoms with Gasteiger partial charge in [-0.25, -0.2) is 0 Å². The molecule has 32 heavy (non-hydrogen) atoms. The summed E-state index contributed by atoms with van der Waals surface area (Å²) in [7, 11) is 4.56. The Morgan fingerprint density at radius 2 is 1.38 bits per heavy atom. The number of hydrogen-bond acceptors (Lipinski definition) is 5. The van der Waals surface area contributed by atoms with Crippen LogP contribution in [0.1, 0.15) is 5.56 Å². The maximum Gasteiger partial charge on any atom is 0.244 e. The van der Waals surface area contributed by atoms with Gasteiger partial charge in [0.05, 0.1) is 27.8 Å². The predicted molar refractivity (Wildman–Crippen MR) is 124 cm³/mol. The van der Waals surface area contributed by atoms with Gasteiger partial charge in [-0.3, -0.25) is 9.59 Å². The van der Waals surface area contributed by atoms with Gasteiger partial charge < -0.3 is 24.4 Å². The first kappa shape index (κ1) is 22.7. The first-order chi connectivity index (χ1) is 15.5. The molecule has 3 rings (SSSR count). The number of nitrogens with one attached hydrogen (secondary N) is 1. The molecule has 0 heterocycles. The highest BCUT2D eigenvalue weighted by Crippen LogP contribution is 2.38. The van der Waals surface area contributed by atoms with Crippen molar-refractivity contribution >= 4 is 23.2 Å². The Kier molecular flexibility index (Phi) is 7.70. The number of anilines is 2. The molecule has 7 heteroatoms. The second-order valence-corrected chi connectivity index (χ2v) is 6.94. The van der Waals surface area contributed by atoms with Gasteiger partial charge in [-0.2, -0.15) is 0 Å². The number of ether oxygens (including phenoxy) is 3. The normalized spacial score (nSPS) is 10.2. The van der Waals surface area contributed by atoms with Gasteiger partial charge in [-0.15, -0.1) is 0 Å². The van der Waals surface area contributed by atoms with Crippen LogP contribution in [0.5, 0.6) is 17.2 Å². The number of hydrogen-bond donors (Lipinski definition) is 1. The Morgan fingerprint density at radius 3 is 1.91 bits per heavy atom. The molecule has 0 saturated carbocycles. The van der Waals surface area contributed by atoms with Crippen LogP contribution in [-0.4, -0.2) is 39.7 Å². The molecule has 3 aromatic rings. The summed E-state index contributed by atoms with van der Waals surface area (Å²) in [6.07, 6.45) is 0.0459. The van der Waals surface area contributed by atoms with E-state index in [2.05, 4.69) is 5.32 Å². The van der Waals surface area contributed by atoms with E-state index in [1.807, 2.05) is 36.4 Å². The van der Waals surface area contributed by atoms with E-state index in [1.54, 1.807) is 36.4 Å². The quantitative estimate of drug-likeness (QED) is 0.552. The van der Waals surface area contributed by atoms with Gasteiger partial charge in [-0.05, 0) is 42.0 Å². The molecule has 0 aliphatic rings. The zero-order valence-electron chi connectivity index (χ0n) is 18.3. The van der Waals surface area contributed by atoms with Gasteiger partial charge in [0, 0.05) is 11.4 Å². The molecule has 0 unspecified atom stereocenters. The van der Waals surface area contributed by atoms with Crippen molar-refractivity contribution in [1.29, 1.82) is 0 Å². The van der Waals surface area contributed by atoms with E-state index in [1.165, 1.54) is 26.2 Å². The van der Waals surface area contributed by atoms with E-state index >= 15 is 0 Å². The Hall–Kier alpha value is -4.00. The van der Waals surface area contributed by atoms with E-state index < -0.39 is 0 Å². The van der Waals surface area contributed by atoms with Gasteiger partial charge in [0.1, 0.15) is 6.54 Å². The Morgan fingerprint density at radius 1 is 0.812 bits per heavy atom. The Labute approximate surface area is 187 Å². The van der Waals surface area contributed by atoms with Gasteiger partial charge in [0.15, 0.2) is 11.5 Å². The number of carbonyl (C=O) groups excluding carboxylic acids is 2. The fraction of sp³-hybridized carbons (Fsp3) is 0.200. The highest BCUT2D eigenvalue weighted by atomic mass is 16.5.